The first kappa shape index (κ1) is 65.5. The lowest BCUT2D eigenvalue weighted by Crippen LogP contribution is -2.58. The number of hydrogen-bond acceptors (Lipinski definition) is 16. The van der Waals surface area contributed by atoms with Crippen molar-refractivity contribution in [3.63, 3.8) is 0 Å². The number of unbranched alkanes of at least 4 members (excludes halogenated alkanes) is 1. The molecular formula is C47H87N13O11. The van der Waals surface area contributed by atoms with E-state index in [2.05, 4.69) is 58.2 Å². The number of rotatable bonds is 39. The molecule has 0 aromatic rings. The Hall–Kier alpha value is -5.49. The Morgan fingerprint density at radius 2 is 1.00 bits per heavy atom. The van der Waals surface area contributed by atoms with Gasteiger partial charge in [-0.2, -0.15) is 9.81 Å². The van der Waals surface area contributed by atoms with Crippen molar-refractivity contribution in [3.05, 3.63) is 9.81 Å². The molecule has 0 fully saturated rings. The van der Waals surface area contributed by atoms with Gasteiger partial charge in [-0.1, -0.05) is 24.2 Å². The molecule has 24 heteroatoms. The van der Waals surface area contributed by atoms with Crippen LogP contribution in [0.2, 0.25) is 0 Å². The molecule has 13 N–H and O–H groups in total. The molecule has 406 valence electrons. The van der Waals surface area contributed by atoms with Gasteiger partial charge in [0.25, 0.3) is 0 Å². The summed E-state index contributed by atoms with van der Waals surface area (Å²) >= 11 is 0. The number of amides is 8. The average molecular weight is 1010 g/mol. The Labute approximate surface area is 419 Å². The average Bonchev–Trinajstić information content (AvgIpc) is 3.29. The van der Waals surface area contributed by atoms with E-state index in [1.54, 1.807) is 13.8 Å². The predicted molar refractivity (Wildman–Crippen MR) is 270 cm³/mol. The molecule has 0 bridgehead atoms. The quantitative estimate of drug-likeness (QED) is 0.0225. The highest BCUT2D eigenvalue weighted by Gasteiger charge is 2.32. The summed E-state index contributed by atoms with van der Waals surface area (Å²) in [6, 6.07) is -7.87. The van der Waals surface area contributed by atoms with Crippen LogP contribution in [0.25, 0.3) is 0 Å². The Morgan fingerprint density at radius 3 is 1.48 bits per heavy atom. The summed E-state index contributed by atoms with van der Waals surface area (Å²) in [6.07, 6.45) is 4.11. The molecule has 0 aliphatic carbocycles. The Balaban J connectivity index is 5.24. The van der Waals surface area contributed by atoms with E-state index >= 15 is 0 Å². The van der Waals surface area contributed by atoms with Crippen LogP contribution in [0, 0.1) is 21.6 Å². The number of primary amides is 1. The summed E-state index contributed by atoms with van der Waals surface area (Å²) in [5.74, 6) is -5.51. The van der Waals surface area contributed by atoms with Crippen LogP contribution in [-0.4, -0.2) is 139 Å². The molecule has 0 rings (SSSR count). The van der Waals surface area contributed by atoms with Gasteiger partial charge in [-0.3, -0.25) is 38.4 Å². The van der Waals surface area contributed by atoms with Gasteiger partial charge in [-0.15, -0.1) is 0 Å². The lowest BCUT2D eigenvalue weighted by molar-refractivity contribution is -0.135. The van der Waals surface area contributed by atoms with E-state index in [1.807, 2.05) is 41.5 Å². The Kier molecular flexibility index (Phi) is 31.4. The van der Waals surface area contributed by atoms with Crippen LogP contribution in [-0.2, 0) is 43.2 Å². The largest absolute Gasteiger partial charge is 0.370 e. The summed E-state index contributed by atoms with van der Waals surface area (Å²) in [4.78, 5) is 137. The molecule has 71 heavy (non-hydrogen) atoms. The van der Waals surface area contributed by atoms with Crippen LogP contribution in [0.15, 0.2) is 10.4 Å². The van der Waals surface area contributed by atoms with Crippen LogP contribution in [0.1, 0.15) is 147 Å². The second-order valence-corrected chi connectivity index (χ2v) is 20.0. The lowest BCUT2D eigenvalue weighted by atomic mass is 9.92. The Bertz CT molecular complexity index is 1720. The van der Waals surface area contributed by atoms with Crippen molar-refractivity contribution in [2.75, 3.05) is 26.2 Å². The van der Waals surface area contributed by atoms with E-state index in [9.17, 15) is 53.0 Å². The molecule has 0 radical (unpaired) electrons. The van der Waals surface area contributed by atoms with Crippen molar-refractivity contribution in [3.8, 4) is 0 Å². The van der Waals surface area contributed by atoms with Crippen molar-refractivity contribution < 1.29 is 43.2 Å². The van der Waals surface area contributed by atoms with Gasteiger partial charge < -0.3 is 64.1 Å². The molecule has 0 aliphatic rings. The van der Waals surface area contributed by atoms with Crippen molar-refractivity contribution in [1.29, 1.82) is 0 Å². The molecule has 0 aromatic carbocycles. The Morgan fingerprint density at radius 1 is 0.549 bits per heavy atom. The number of nitroso groups, excluding NO2 is 2. The van der Waals surface area contributed by atoms with Crippen LogP contribution in [0.3, 0.4) is 0 Å². The predicted octanol–water partition coefficient (Wildman–Crippen LogP) is 0.323. The van der Waals surface area contributed by atoms with E-state index in [0.717, 1.165) is 12.8 Å². The van der Waals surface area contributed by atoms with Crippen molar-refractivity contribution in [2.45, 2.75) is 206 Å². The lowest BCUT2D eigenvalue weighted by Gasteiger charge is -2.31. The molecule has 24 nitrogen and oxygen atoms in total. The molecule has 0 aliphatic heterocycles. The maximum absolute atomic E-state index is 13.2. The first-order chi connectivity index (χ1) is 33.1. The highest BCUT2D eigenvalue weighted by Crippen LogP contribution is 2.18. The molecule has 0 saturated carbocycles. The summed E-state index contributed by atoms with van der Waals surface area (Å²) in [5, 5.41) is 30.9. The van der Waals surface area contributed by atoms with E-state index in [-0.39, 0.29) is 43.4 Å². The van der Waals surface area contributed by atoms with E-state index in [1.165, 1.54) is 20.8 Å². The molecular weight excluding hydrogens is 923 g/mol. The monoisotopic (exact) mass is 1010 g/mol. The van der Waals surface area contributed by atoms with E-state index < -0.39 is 107 Å². The number of nitrogens with zero attached hydrogens (tertiary/aromatic N) is 2. The summed E-state index contributed by atoms with van der Waals surface area (Å²) < 4.78 is 0. The zero-order valence-corrected chi connectivity index (χ0v) is 44.0. The zero-order chi connectivity index (χ0) is 54.5. The normalized spacial score (nSPS) is 15.5. The minimum absolute atomic E-state index is 0.0252. The number of hydrogen-bond donors (Lipinski definition) is 11. The highest BCUT2D eigenvalue weighted by atomic mass is 16.3. The standard InChI is InChI=1S/C47H87N13O11/c1-28(2)25-36(45(69)56-35(27-61)15-12-13-21-48)57-43(67)31(5)54-41(65)30(4)55-44(68)37(26-38(49)62)58-42(66)29(3)53-40(64)17-14-16-39(63)50-22-18-34(19-23-51-46(8,9)32(6)59-70)20-24-52-47(10,11)33(7)60-71/h27-37,51-52H,12-26,48H2,1-11H3,(H2,49,62)(H,50,63)(H,53,64)(H,54,65)(H,55,68)(H,56,69)(H,57,67)(H,58,66)/t29-,30-,31-,32?,33?,34?,35-,36-,37-/m0/s1. The zero-order valence-electron chi connectivity index (χ0n) is 44.0. The van der Waals surface area contributed by atoms with E-state index in [0.29, 0.717) is 58.1 Å². The second-order valence-electron chi connectivity index (χ2n) is 20.0. The SMILES string of the molecule is CC(C)C[C@H](NC(=O)[C@H](C)NC(=O)[C@H](C)NC(=O)[C@H](CC(N)=O)NC(=O)[C@H](C)NC(=O)CCCC(=O)NCCC(CCNC(C)(C)C(C)N=O)CCNC(C)(C)C(C)N=O)C(=O)N[C@H](C=O)CCCCN. The van der Waals surface area contributed by atoms with Gasteiger partial charge >= 0.3 is 0 Å². The van der Waals surface area contributed by atoms with Crippen LogP contribution < -0.4 is 59.3 Å². The van der Waals surface area contributed by atoms with Gasteiger partial charge in [0, 0.05) is 30.5 Å². The maximum Gasteiger partial charge on any atom is 0.243 e. The van der Waals surface area contributed by atoms with Gasteiger partial charge in [0.05, 0.1) is 12.5 Å². The fourth-order valence-corrected chi connectivity index (χ4v) is 6.94. The van der Waals surface area contributed by atoms with Crippen LogP contribution >= 0.6 is 0 Å². The maximum atomic E-state index is 13.2. The molecule has 0 heterocycles. The summed E-state index contributed by atoms with van der Waals surface area (Å²) in [5.41, 5.74) is 9.85. The highest BCUT2D eigenvalue weighted by molar-refractivity contribution is 5.97. The van der Waals surface area contributed by atoms with Crippen molar-refractivity contribution in [1.82, 2.24) is 47.9 Å². The second kappa shape index (κ2) is 34.0. The molecule has 0 aromatic heterocycles. The number of nitrogens with one attached hydrogen (secondary N) is 9. The number of aldehydes is 1. The van der Waals surface area contributed by atoms with Crippen LogP contribution in [0.5, 0.6) is 0 Å². The van der Waals surface area contributed by atoms with Gasteiger partial charge in [0.1, 0.15) is 48.6 Å². The number of nitrogens with two attached hydrogens (primary N) is 2. The fraction of sp³-hybridized carbons (Fsp3) is 0.809. The first-order valence-electron chi connectivity index (χ1n) is 24.8. The first-order valence-corrected chi connectivity index (χ1v) is 24.8. The summed E-state index contributed by atoms with van der Waals surface area (Å²) in [6.45, 7) is 20.9. The topological polar surface area (TPSA) is 373 Å². The van der Waals surface area contributed by atoms with Gasteiger partial charge in [-0.05, 0) is 145 Å². The third-order valence-corrected chi connectivity index (χ3v) is 12.5. The molecule has 0 saturated heterocycles. The molecule has 2 unspecified atom stereocenters. The molecule has 8 atom stereocenters. The van der Waals surface area contributed by atoms with Gasteiger partial charge in [0.15, 0.2) is 0 Å². The summed E-state index contributed by atoms with van der Waals surface area (Å²) in [7, 11) is 0. The van der Waals surface area contributed by atoms with Crippen molar-refractivity contribution in [2.24, 2.45) is 33.7 Å². The fourth-order valence-electron chi connectivity index (χ4n) is 6.94. The molecule has 8 amide bonds. The minimum atomic E-state index is -1.54. The smallest absolute Gasteiger partial charge is 0.243 e. The number of carbonyl (C=O) groups is 9. The third-order valence-electron chi connectivity index (χ3n) is 12.5. The minimum Gasteiger partial charge on any atom is -0.370 e. The van der Waals surface area contributed by atoms with Crippen LogP contribution in [0.4, 0.5) is 0 Å². The molecule has 0 spiro atoms. The van der Waals surface area contributed by atoms with E-state index in [4.69, 9.17) is 11.5 Å². The van der Waals surface area contributed by atoms with Crippen molar-refractivity contribution >= 4 is 53.5 Å². The van der Waals surface area contributed by atoms with Gasteiger partial charge in [0.2, 0.25) is 47.3 Å². The number of carbonyl (C=O) groups excluding carboxylic acids is 9. The third kappa shape index (κ3) is 27.6. The van der Waals surface area contributed by atoms with Gasteiger partial charge in [-0.25, -0.2) is 0 Å².